The molecule has 1 aliphatic rings. The van der Waals surface area contributed by atoms with E-state index in [4.69, 9.17) is 9.47 Å². The minimum Gasteiger partial charge on any atom is -0.497 e. The first-order valence-corrected chi connectivity index (χ1v) is 9.70. The zero-order valence-electron chi connectivity index (χ0n) is 16.3. The lowest BCUT2D eigenvalue weighted by atomic mass is 9.78. The van der Waals surface area contributed by atoms with E-state index in [0.717, 1.165) is 29.9 Å². The fourth-order valence-corrected chi connectivity index (χ4v) is 4.12. The number of carbonyl (C=O) groups is 1. The summed E-state index contributed by atoms with van der Waals surface area (Å²) in [7, 11) is 3.37. The Morgan fingerprint density at radius 2 is 1.81 bits per heavy atom. The zero-order valence-corrected chi connectivity index (χ0v) is 16.3. The third-order valence-electron chi connectivity index (χ3n) is 5.64. The lowest BCUT2D eigenvalue weighted by Gasteiger charge is -2.31. The van der Waals surface area contributed by atoms with Crippen LogP contribution in [0, 0.1) is 0 Å². The lowest BCUT2D eigenvalue weighted by molar-refractivity contribution is -0.121. The average Bonchev–Trinajstić information content (AvgIpc) is 3.21. The molecule has 0 unspecified atom stereocenters. The molecule has 0 saturated heterocycles. The van der Waals surface area contributed by atoms with Gasteiger partial charge < -0.3 is 14.8 Å². The predicted octanol–water partition coefficient (Wildman–Crippen LogP) is 4.26. The largest absolute Gasteiger partial charge is 0.497 e. The van der Waals surface area contributed by atoms with Crippen LogP contribution < -0.4 is 14.8 Å². The molecule has 0 aliphatic heterocycles. The van der Waals surface area contributed by atoms with Gasteiger partial charge in [0.25, 0.3) is 0 Å². The maximum Gasteiger partial charge on any atom is 0.220 e. The fraction of sp³-hybridized carbons (Fsp3) is 0.435. The highest BCUT2D eigenvalue weighted by Gasteiger charge is 2.37. The molecule has 0 atom stereocenters. The van der Waals surface area contributed by atoms with Crippen molar-refractivity contribution in [1.82, 2.24) is 5.32 Å². The Morgan fingerprint density at radius 3 is 2.56 bits per heavy atom. The van der Waals surface area contributed by atoms with Crippen LogP contribution >= 0.6 is 0 Å². The number of aryl methyl sites for hydroxylation is 1. The molecule has 1 saturated carbocycles. The minimum atomic E-state index is -0.0156. The van der Waals surface area contributed by atoms with Crippen molar-refractivity contribution in [2.75, 3.05) is 20.8 Å². The number of ether oxygens (including phenoxy) is 2. The third-order valence-corrected chi connectivity index (χ3v) is 5.64. The van der Waals surface area contributed by atoms with Crippen LogP contribution in [0.25, 0.3) is 0 Å². The van der Waals surface area contributed by atoms with Crippen molar-refractivity contribution in [3.8, 4) is 11.5 Å². The Hall–Kier alpha value is -2.49. The van der Waals surface area contributed by atoms with Crippen LogP contribution in [0.15, 0.2) is 48.5 Å². The Kier molecular flexibility index (Phi) is 6.38. The molecule has 1 aliphatic carbocycles. The number of nitrogens with one attached hydrogen (secondary N) is 1. The van der Waals surface area contributed by atoms with Crippen LogP contribution in [0.2, 0.25) is 0 Å². The molecule has 0 bridgehead atoms. The fourth-order valence-electron chi connectivity index (χ4n) is 4.12. The van der Waals surface area contributed by atoms with Gasteiger partial charge in [-0.2, -0.15) is 0 Å². The van der Waals surface area contributed by atoms with Crippen molar-refractivity contribution in [2.45, 2.75) is 43.9 Å². The topological polar surface area (TPSA) is 47.6 Å². The molecular formula is C23H29NO3. The van der Waals surface area contributed by atoms with E-state index in [-0.39, 0.29) is 11.3 Å². The molecule has 0 aromatic heterocycles. The van der Waals surface area contributed by atoms with Crippen molar-refractivity contribution in [2.24, 2.45) is 0 Å². The second-order valence-electron chi connectivity index (χ2n) is 7.32. The smallest absolute Gasteiger partial charge is 0.220 e. The Bertz CT molecular complexity index is 766. The van der Waals surface area contributed by atoms with E-state index >= 15 is 0 Å². The van der Waals surface area contributed by atoms with Crippen molar-refractivity contribution in [3.63, 3.8) is 0 Å². The van der Waals surface area contributed by atoms with E-state index < -0.39 is 0 Å². The van der Waals surface area contributed by atoms with Crippen molar-refractivity contribution >= 4 is 5.91 Å². The number of para-hydroxylation sites is 1. The van der Waals surface area contributed by atoms with Crippen LogP contribution in [0.5, 0.6) is 11.5 Å². The molecule has 2 aromatic carbocycles. The van der Waals surface area contributed by atoms with Crippen LogP contribution in [0.1, 0.15) is 43.2 Å². The number of hydrogen-bond donors (Lipinski definition) is 1. The summed E-state index contributed by atoms with van der Waals surface area (Å²) < 4.78 is 10.8. The van der Waals surface area contributed by atoms with Crippen molar-refractivity contribution in [1.29, 1.82) is 0 Å². The SMILES string of the molecule is COc1cccc(CCC(=O)NCC2(c3ccccc3OC)CCCC2)c1. The predicted molar refractivity (Wildman–Crippen MR) is 107 cm³/mol. The number of carbonyl (C=O) groups excluding carboxylic acids is 1. The van der Waals surface area contributed by atoms with Crippen LogP contribution in [-0.2, 0) is 16.6 Å². The third kappa shape index (κ3) is 4.62. The van der Waals surface area contributed by atoms with Gasteiger partial charge in [-0.15, -0.1) is 0 Å². The van der Waals surface area contributed by atoms with Gasteiger partial charge in [0, 0.05) is 23.9 Å². The van der Waals surface area contributed by atoms with Crippen LogP contribution in [0.3, 0.4) is 0 Å². The minimum absolute atomic E-state index is 0.0156. The second-order valence-corrected chi connectivity index (χ2v) is 7.32. The van der Waals surface area contributed by atoms with Gasteiger partial charge in [-0.3, -0.25) is 4.79 Å². The highest BCUT2D eigenvalue weighted by atomic mass is 16.5. The monoisotopic (exact) mass is 367 g/mol. The highest BCUT2D eigenvalue weighted by molar-refractivity contribution is 5.76. The first kappa shape index (κ1) is 19.3. The maximum absolute atomic E-state index is 12.5. The molecular weight excluding hydrogens is 338 g/mol. The summed E-state index contributed by atoms with van der Waals surface area (Å²) in [5.41, 5.74) is 2.32. The van der Waals surface area contributed by atoms with Gasteiger partial charge in [-0.25, -0.2) is 0 Å². The zero-order chi connectivity index (χ0) is 19.1. The summed E-state index contributed by atoms with van der Waals surface area (Å²) >= 11 is 0. The van der Waals surface area contributed by atoms with E-state index in [2.05, 4.69) is 17.4 Å². The van der Waals surface area contributed by atoms with E-state index in [1.165, 1.54) is 18.4 Å². The van der Waals surface area contributed by atoms with Gasteiger partial charge in [-0.05, 0) is 43.0 Å². The molecule has 3 rings (SSSR count). The summed E-state index contributed by atoms with van der Waals surface area (Å²) in [5.74, 6) is 1.85. The quantitative estimate of drug-likeness (QED) is 0.758. The highest BCUT2D eigenvalue weighted by Crippen LogP contribution is 2.44. The van der Waals surface area contributed by atoms with Gasteiger partial charge in [0.05, 0.1) is 14.2 Å². The van der Waals surface area contributed by atoms with E-state index in [1.807, 2.05) is 36.4 Å². The number of rotatable bonds is 8. The molecule has 0 radical (unpaired) electrons. The lowest BCUT2D eigenvalue weighted by Crippen LogP contribution is -2.39. The van der Waals surface area contributed by atoms with Gasteiger partial charge in [0.2, 0.25) is 5.91 Å². The van der Waals surface area contributed by atoms with Crippen LogP contribution in [0.4, 0.5) is 0 Å². The Balaban J connectivity index is 1.61. The molecule has 1 amide bonds. The van der Waals surface area contributed by atoms with Gasteiger partial charge >= 0.3 is 0 Å². The molecule has 0 heterocycles. The number of amides is 1. The van der Waals surface area contributed by atoms with E-state index in [9.17, 15) is 4.79 Å². The molecule has 4 nitrogen and oxygen atoms in total. The summed E-state index contributed by atoms with van der Waals surface area (Å²) in [6.07, 6.45) is 5.75. The molecule has 27 heavy (non-hydrogen) atoms. The Labute approximate surface area is 161 Å². The molecule has 4 heteroatoms. The van der Waals surface area contributed by atoms with Gasteiger partial charge in [-0.1, -0.05) is 43.2 Å². The van der Waals surface area contributed by atoms with Crippen molar-refractivity contribution in [3.05, 3.63) is 59.7 Å². The number of benzene rings is 2. The number of methoxy groups -OCH3 is 2. The first-order valence-electron chi connectivity index (χ1n) is 9.70. The first-order chi connectivity index (χ1) is 13.2. The normalized spacial score (nSPS) is 15.3. The molecule has 1 N–H and O–H groups in total. The second kappa shape index (κ2) is 8.94. The molecule has 2 aromatic rings. The summed E-state index contributed by atoms with van der Waals surface area (Å²) in [6, 6.07) is 16.1. The van der Waals surface area contributed by atoms with Crippen molar-refractivity contribution < 1.29 is 14.3 Å². The van der Waals surface area contributed by atoms with Crippen LogP contribution in [-0.4, -0.2) is 26.7 Å². The summed E-state index contributed by atoms with van der Waals surface area (Å²) in [6.45, 7) is 0.671. The summed E-state index contributed by atoms with van der Waals surface area (Å²) in [4.78, 5) is 12.5. The Morgan fingerprint density at radius 1 is 1.04 bits per heavy atom. The van der Waals surface area contributed by atoms with E-state index in [0.29, 0.717) is 19.4 Å². The maximum atomic E-state index is 12.5. The average molecular weight is 367 g/mol. The number of hydrogen-bond acceptors (Lipinski definition) is 3. The standard InChI is InChI=1S/C23H29NO3/c1-26-19-9-7-8-18(16-19)12-13-22(25)24-17-23(14-5-6-15-23)20-10-3-4-11-21(20)27-2/h3-4,7-11,16H,5-6,12-15,17H2,1-2H3,(H,24,25). The molecule has 144 valence electrons. The summed E-state index contributed by atoms with van der Waals surface area (Å²) in [5, 5.41) is 3.19. The van der Waals surface area contributed by atoms with Gasteiger partial charge in [0.1, 0.15) is 11.5 Å². The van der Waals surface area contributed by atoms with Gasteiger partial charge in [0.15, 0.2) is 0 Å². The molecule has 1 fully saturated rings. The van der Waals surface area contributed by atoms with E-state index in [1.54, 1.807) is 14.2 Å². The molecule has 0 spiro atoms.